The van der Waals surface area contributed by atoms with E-state index in [9.17, 15) is 4.79 Å². The van der Waals surface area contributed by atoms with Crippen molar-refractivity contribution in [3.05, 3.63) is 96.1 Å². The van der Waals surface area contributed by atoms with Gasteiger partial charge in [-0.1, -0.05) is 54.6 Å². The average Bonchev–Trinajstić information content (AvgIpc) is 2.72. The van der Waals surface area contributed by atoms with Gasteiger partial charge in [-0.15, -0.1) is 0 Å². The van der Waals surface area contributed by atoms with Gasteiger partial charge in [0.2, 0.25) is 5.91 Å². The number of nitrogens with one attached hydrogen (secondary N) is 1. The van der Waals surface area contributed by atoms with Crippen molar-refractivity contribution in [3.8, 4) is 11.5 Å². The molecule has 27 heavy (non-hydrogen) atoms. The normalized spacial score (nSPS) is 10.6. The molecule has 3 aromatic rings. The monoisotopic (exact) mass is 359 g/mol. The van der Waals surface area contributed by atoms with Gasteiger partial charge in [0.25, 0.3) is 0 Å². The molecule has 4 heteroatoms. The van der Waals surface area contributed by atoms with E-state index in [4.69, 9.17) is 9.47 Å². The first kappa shape index (κ1) is 18.3. The largest absolute Gasteiger partial charge is 0.493 e. The van der Waals surface area contributed by atoms with Gasteiger partial charge >= 0.3 is 0 Å². The Morgan fingerprint density at radius 1 is 0.926 bits per heavy atom. The highest BCUT2D eigenvalue weighted by atomic mass is 16.5. The Balaban J connectivity index is 1.63. The molecule has 4 nitrogen and oxygen atoms in total. The number of ether oxygens (including phenoxy) is 2. The second kappa shape index (κ2) is 9.25. The number of hydrogen-bond acceptors (Lipinski definition) is 3. The predicted octanol–water partition coefficient (Wildman–Crippen LogP) is 4.93. The van der Waals surface area contributed by atoms with E-state index >= 15 is 0 Å². The molecule has 136 valence electrons. The molecule has 0 unspecified atom stereocenters. The fourth-order valence-corrected chi connectivity index (χ4v) is 2.52. The summed E-state index contributed by atoms with van der Waals surface area (Å²) in [5.41, 5.74) is 2.69. The summed E-state index contributed by atoms with van der Waals surface area (Å²) in [4.78, 5) is 12.0. The highest BCUT2D eigenvalue weighted by Crippen LogP contribution is 2.29. The predicted molar refractivity (Wildman–Crippen MR) is 108 cm³/mol. The van der Waals surface area contributed by atoms with Gasteiger partial charge in [-0.25, -0.2) is 0 Å². The van der Waals surface area contributed by atoms with Gasteiger partial charge in [-0.05, 0) is 41.5 Å². The number of anilines is 1. The molecule has 0 saturated heterocycles. The van der Waals surface area contributed by atoms with Gasteiger partial charge in [-0.2, -0.15) is 0 Å². The minimum Gasteiger partial charge on any atom is -0.493 e. The molecular formula is C23H21NO3. The first-order valence-electron chi connectivity index (χ1n) is 8.63. The molecule has 0 aromatic heterocycles. The van der Waals surface area contributed by atoms with Crippen LogP contribution in [0.4, 0.5) is 5.69 Å². The van der Waals surface area contributed by atoms with E-state index in [0.29, 0.717) is 18.1 Å². The van der Waals surface area contributed by atoms with E-state index in [-0.39, 0.29) is 5.91 Å². The van der Waals surface area contributed by atoms with Gasteiger partial charge in [0.1, 0.15) is 6.61 Å². The average molecular weight is 359 g/mol. The van der Waals surface area contributed by atoms with Crippen LogP contribution in [0.25, 0.3) is 6.08 Å². The van der Waals surface area contributed by atoms with E-state index in [1.165, 1.54) is 6.08 Å². The van der Waals surface area contributed by atoms with E-state index in [2.05, 4.69) is 5.32 Å². The quantitative estimate of drug-likeness (QED) is 0.609. The van der Waals surface area contributed by atoms with Crippen molar-refractivity contribution in [2.75, 3.05) is 12.4 Å². The van der Waals surface area contributed by atoms with E-state index in [0.717, 1.165) is 16.8 Å². The van der Waals surface area contributed by atoms with Gasteiger partial charge < -0.3 is 14.8 Å². The fourth-order valence-electron chi connectivity index (χ4n) is 2.52. The molecule has 1 N–H and O–H groups in total. The lowest BCUT2D eigenvalue weighted by molar-refractivity contribution is -0.111. The number of carbonyl (C=O) groups excluding carboxylic acids is 1. The van der Waals surface area contributed by atoms with E-state index in [1.807, 2.05) is 78.9 Å². The number of hydrogen-bond donors (Lipinski definition) is 1. The number of benzene rings is 3. The lowest BCUT2D eigenvalue weighted by Crippen LogP contribution is -2.07. The van der Waals surface area contributed by atoms with Gasteiger partial charge in [-0.3, -0.25) is 4.79 Å². The van der Waals surface area contributed by atoms with Gasteiger partial charge in [0.15, 0.2) is 11.5 Å². The maximum atomic E-state index is 12.0. The first-order valence-corrected chi connectivity index (χ1v) is 8.63. The third-order valence-corrected chi connectivity index (χ3v) is 3.89. The van der Waals surface area contributed by atoms with Crippen LogP contribution in [0.1, 0.15) is 11.1 Å². The Kier molecular flexibility index (Phi) is 6.26. The van der Waals surface area contributed by atoms with Gasteiger partial charge in [0.05, 0.1) is 7.11 Å². The lowest BCUT2D eigenvalue weighted by Gasteiger charge is -2.11. The maximum Gasteiger partial charge on any atom is 0.248 e. The smallest absolute Gasteiger partial charge is 0.248 e. The molecule has 3 aromatic carbocycles. The van der Waals surface area contributed by atoms with E-state index < -0.39 is 0 Å². The van der Waals surface area contributed by atoms with Crippen molar-refractivity contribution in [2.24, 2.45) is 0 Å². The summed E-state index contributed by atoms with van der Waals surface area (Å²) in [6.07, 6.45) is 3.23. The lowest BCUT2D eigenvalue weighted by atomic mass is 10.2. The van der Waals surface area contributed by atoms with Crippen LogP contribution in [0.5, 0.6) is 11.5 Å². The zero-order chi connectivity index (χ0) is 18.9. The second-order valence-electron chi connectivity index (χ2n) is 5.87. The molecule has 0 aliphatic carbocycles. The van der Waals surface area contributed by atoms with Crippen LogP contribution in [0.3, 0.4) is 0 Å². The third kappa shape index (κ3) is 5.47. The zero-order valence-electron chi connectivity index (χ0n) is 15.1. The Morgan fingerprint density at radius 3 is 2.33 bits per heavy atom. The molecule has 0 radical (unpaired) electrons. The zero-order valence-corrected chi connectivity index (χ0v) is 15.1. The Morgan fingerprint density at radius 2 is 1.63 bits per heavy atom. The van der Waals surface area contributed by atoms with Gasteiger partial charge in [0, 0.05) is 11.8 Å². The number of rotatable bonds is 7. The van der Waals surface area contributed by atoms with Crippen molar-refractivity contribution >= 4 is 17.7 Å². The molecule has 0 aliphatic heterocycles. The Hall–Kier alpha value is -3.53. The number of methoxy groups -OCH3 is 1. The van der Waals surface area contributed by atoms with Crippen LogP contribution in [0, 0.1) is 0 Å². The number of amides is 1. The Bertz CT molecular complexity index is 905. The molecule has 0 atom stereocenters. The van der Waals surface area contributed by atoms with Crippen LogP contribution in [0.2, 0.25) is 0 Å². The minimum atomic E-state index is -0.190. The molecule has 0 bridgehead atoms. The maximum absolute atomic E-state index is 12.0. The summed E-state index contributed by atoms with van der Waals surface area (Å²) in [7, 11) is 1.60. The highest BCUT2D eigenvalue weighted by molar-refractivity contribution is 6.01. The Labute approximate surface area is 159 Å². The molecule has 1 amide bonds. The molecule has 0 saturated carbocycles. The number of carbonyl (C=O) groups is 1. The molecule has 0 fully saturated rings. The number of para-hydroxylation sites is 1. The standard InChI is InChI=1S/C23H21NO3/c1-26-22-16-18(13-15-23(25)24-20-10-6-3-7-11-20)12-14-21(22)27-17-19-8-4-2-5-9-19/h2-16H,17H2,1H3,(H,24,25)/b15-13+. The summed E-state index contributed by atoms with van der Waals surface area (Å²) >= 11 is 0. The van der Waals surface area contributed by atoms with Crippen molar-refractivity contribution in [1.29, 1.82) is 0 Å². The van der Waals surface area contributed by atoms with Crippen LogP contribution in [0.15, 0.2) is 84.9 Å². The van der Waals surface area contributed by atoms with Crippen LogP contribution in [-0.4, -0.2) is 13.0 Å². The second-order valence-corrected chi connectivity index (χ2v) is 5.87. The van der Waals surface area contributed by atoms with Crippen molar-refractivity contribution in [2.45, 2.75) is 6.61 Å². The van der Waals surface area contributed by atoms with Crippen molar-refractivity contribution < 1.29 is 14.3 Å². The summed E-state index contributed by atoms with van der Waals surface area (Å²) in [6.45, 7) is 0.464. The summed E-state index contributed by atoms with van der Waals surface area (Å²) in [6, 6.07) is 24.8. The summed E-state index contributed by atoms with van der Waals surface area (Å²) in [5, 5.41) is 2.81. The SMILES string of the molecule is COc1cc(/C=C/C(=O)Nc2ccccc2)ccc1OCc1ccccc1. The first-order chi connectivity index (χ1) is 13.2. The highest BCUT2D eigenvalue weighted by Gasteiger charge is 2.06. The minimum absolute atomic E-state index is 0.190. The molecule has 0 heterocycles. The molecule has 0 aliphatic rings. The molecule has 3 rings (SSSR count). The fraction of sp³-hybridized carbons (Fsp3) is 0.0870. The summed E-state index contributed by atoms with van der Waals surface area (Å²) in [5.74, 6) is 1.09. The topological polar surface area (TPSA) is 47.6 Å². The van der Waals surface area contributed by atoms with Crippen molar-refractivity contribution in [3.63, 3.8) is 0 Å². The van der Waals surface area contributed by atoms with Crippen LogP contribution >= 0.6 is 0 Å². The van der Waals surface area contributed by atoms with Crippen LogP contribution in [-0.2, 0) is 11.4 Å². The van der Waals surface area contributed by atoms with E-state index in [1.54, 1.807) is 13.2 Å². The summed E-state index contributed by atoms with van der Waals surface area (Å²) < 4.78 is 11.3. The van der Waals surface area contributed by atoms with Crippen LogP contribution < -0.4 is 14.8 Å². The molecular weight excluding hydrogens is 338 g/mol. The van der Waals surface area contributed by atoms with Crippen molar-refractivity contribution in [1.82, 2.24) is 0 Å². The molecule has 0 spiro atoms. The third-order valence-electron chi connectivity index (χ3n) is 3.89.